The fourth-order valence-corrected chi connectivity index (χ4v) is 6.01. The van der Waals surface area contributed by atoms with Crippen LogP contribution >= 0.6 is 0 Å². The maximum absolute atomic E-state index is 14.9. The molecule has 0 amide bonds. The van der Waals surface area contributed by atoms with Crippen LogP contribution in [0.15, 0.2) is 30.3 Å². The first-order valence-electron chi connectivity index (χ1n) is 13.5. The molecular weight excluding hydrogens is 465 g/mol. The van der Waals surface area contributed by atoms with Crippen molar-refractivity contribution in [1.82, 2.24) is 0 Å². The third-order valence-electron chi connectivity index (χ3n) is 8.06. The SMILES string of the molecule is CCCC1CCC(c2ccc(OC(=O)C3CCC(c4ccc(OCC)c(F)c4)CC3)c(F)c2F)CC1. The molecule has 196 valence electrons. The average molecular weight is 503 g/mol. The molecule has 0 N–H and O–H groups in total. The largest absolute Gasteiger partial charge is 0.491 e. The van der Waals surface area contributed by atoms with Gasteiger partial charge in [0.25, 0.3) is 0 Å². The van der Waals surface area contributed by atoms with Crippen molar-refractivity contribution in [3.05, 3.63) is 58.9 Å². The average Bonchev–Trinajstić information content (AvgIpc) is 2.89. The van der Waals surface area contributed by atoms with Gasteiger partial charge >= 0.3 is 5.97 Å². The minimum atomic E-state index is -1.07. The van der Waals surface area contributed by atoms with E-state index in [4.69, 9.17) is 9.47 Å². The van der Waals surface area contributed by atoms with Crippen LogP contribution in [0.4, 0.5) is 13.2 Å². The zero-order chi connectivity index (χ0) is 25.7. The van der Waals surface area contributed by atoms with Crippen molar-refractivity contribution in [2.75, 3.05) is 6.61 Å². The summed E-state index contributed by atoms with van der Waals surface area (Å²) < 4.78 is 54.6. The van der Waals surface area contributed by atoms with Gasteiger partial charge in [0.2, 0.25) is 5.82 Å². The van der Waals surface area contributed by atoms with Crippen LogP contribution in [0.5, 0.6) is 11.5 Å². The normalized spacial score (nSPS) is 24.4. The Kier molecular flexibility index (Phi) is 8.97. The highest BCUT2D eigenvalue weighted by Crippen LogP contribution is 2.41. The van der Waals surface area contributed by atoms with Crippen molar-refractivity contribution in [3.8, 4) is 11.5 Å². The number of esters is 1. The molecule has 2 aliphatic rings. The number of hydrogen-bond donors (Lipinski definition) is 0. The van der Waals surface area contributed by atoms with Crippen molar-refractivity contribution in [2.45, 2.75) is 89.9 Å². The minimum absolute atomic E-state index is 0.0140. The van der Waals surface area contributed by atoms with Gasteiger partial charge in [-0.25, -0.2) is 8.78 Å². The Labute approximate surface area is 212 Å². The maximum Gasteiger partial charge on any atom is 0.314 e. The number of carbonyl (C=O) groups excluding carboxylic acids is 1. The Hall–Kier alpha value is -2.50. The molecule has 2 aliphatic carbocycles. The van der Waals surface area contributed by atoms with Crippen molar-refractivity contribution in [3.63, 3.8) is 0 Å². The van der Waals surface area contributed by atoms with Crippen LogP contribution in [0.25, 0.3) is 0 Å². The molecule has 0 spiro atoms. The summed E-state index contributed by atoms with van der Waals surface area (Å²) >= 11 is 0. The zero-order valence-corrected chi connectivity index (χ0v) is 21.3. The van der Waals surface area contributed by atoms with E-state index in [2.05, 4.69) is 6.92 Å². The molecule has 2 aromatic carbocycles. The number of hydrogen-bond acceptors (Lipinski definition) is 3. The number of rotatable bonds is 8. The van der Waals surface area contributed by atoms with Crippen molar-refractivity contribution in [2.24, 2.45) is 11.8 Å². The first-order chi connectivity index (χ1) is 17.4. The van der Waals surface area contributed by atoms with E-state index < -0.39 is 17.6 Å². The van der Waals surface area contributed by atoms with Gasteiger partial charge < -0.3 is 9.47 Å². The topological polar surface area (TPSA) is 35.5 Å². The van der Waals surface area contributed by atoms with Gasteiger partial charge in [0.15, 0.2) is 23.1 Å². The molecule has 0 radical (unpaired) electrons. The van der Waals surface area contributed by atoms with Crippen LogP contribution in [0.1, 0.15) is 101 Å². The second-order valence-electron chi connectivity index (χ2n) is 10.4. The highest BCUT2D eigenvalue weighted by Gasteiger charge is 2.31. The Bertz CT molecular complexity index is 1040. The van der Waals surface area contributed by atoms with Crippen LogP contribution < -0.4 is 9.47 Å². The first kappa shape index (κ1) is 26.6. The van der Waals surface area contributed by atoms with Gasteiger partial charge in [-0.2, -0.15) is 4.39 Å². The van der Waals surface area contributed by atoms with Crippen LogP contribution in [0.3, 0.4) is 0 Å². The lowest BCUT2D eigenvalue weighted by atomic mass is 9.77. The fraction of sp³-hybridized carbons (Fsp3) is 0.567. The summed E-state index contributed by atoms with van der Waals surface area (Å²) in [7, 11) is 0. The third kappa shape index (κ3) is 6.07. The standard InChI is InChI=1S/C30H37F3O3/c1-3-5-19-6-8-21(9-7-19)24-15-17-27(29(33)28(24)32)36-30(34)22-12-10-20(11-13-22)23-14-16-26(35-4-2)25(31)18-23/h14-22H,3-13H2,1-2H3. The van der Waals surface area contributed by atoms with Crippen LogP contribution in [0.2, 0.25) is 0 Å². The fourth-order valence-electron chi connectivity index (χ4n) is 6.01. The number of carbonyl (C=O) groups is 1. The molecule has 0 atom stereocenters. The van der Waals surface area contributed by atoms with Crippen molar-refractivity contribution in [1.29, 1.82) is 0 Å². The molecule has 0 heterocycles. The van der Waals surface area contributed by atoms with Crippen LogP contribution in [-0.4, -0.2) is 12.6 Å². The van der Waals surface area contributed by atoms with Gasteiger partial charge in [0.05, 0.1) is 12.5 Å². The van der Waals surface area contributed by atoms with E-state index in [9.17, 15) is 18.0 Å². The minimum Gasteiger partial charge on any atom is -0.491 e. The van der Waals surface area contributed by atoms with Gasteiger partial charge in [-0.1, -0.05) is 31.9 Å². The highest BCUT2D eigenvalue weighted by molar-refractivity contribution is 5.75. The Balaban J connectivity index is 1.33. The predicted octanol–water partition coefficient (Wildman–Crippen LogP) is 8.46. The molecule has 0 aromatic heterocycles. The predicted molar refractivity (Wildman–Crippen MR) is 134 cm³/mol. The van der Waals surface area contributed by atoms with Gasteiger partial charge in [0, 0.05) is 0 Å². The van der Waals surface area contributed by atoms with E-state index in [1.807, 2.05) is 13.0 Å². The van der Waals surface area contributed by atoms with E-state index in [1.54, 1.807) is 12.1 Å². The lowest BCUT2D eigenvalue weighted by Gasteiger charge is -2.29. The summed E-state index contributed by atoms with van der Waals surface area (Å²) in [5, 5.41) is 0. The Morgan fingerprint density at radius 1 is 0.833 bits per heavy atom. The summed E-state index contributed by atoms with van der Waals surface area (Å²) in [4.78, 5) is 12.7. The smallest absolute Gasteiger partial charge is 0.314 e. The second kappa shape index (κ2) is 12.2. The van der Waals surface area contributed by atoms with E-state index in [1.165, 1.54) is 18.6 Å². The van der Waals surface area contributed by atoms with Crippen molar-refractivity contribution < 1.29 is 27.4 Å². The zero-order valence-electron chi connectivity index (χ0n) is 21.3. The monoisotopic (exact) mass is 502 g/mol. The molecule has 0 saturated heterocycles. The lowest BCUT2D eigenvalue weighted by Crippen LogP contribution is -2.25. The van der Waals surface area contributed by atoms with Gasteiger partial charge in [-0.15, -0.1) is 0 Å². The third-order valence-corrected chi connectivity index (χ3v) is 8.06. The van der Waals surface area contributed by atoms with E-state index >= 15 is 0 Å². The van der Waals surface area contributed by atoms with Gasteiger partial charge in [-0.05, 0) is 105 Å². The summed E-state index contributed by atoms with van der Waals surface area (Å²) in [6.07, 6.45) is 8.67. The van der Waals surface area contributed by atoms with Gasteiger partial charge in [-0.3, -0.25) is 4.79 Å². The molecule has 0 bridgehead atoms. The van der Waals surface area contributed by atoms with Crippen LogP contribution in [-0.2, 0) is 4.79 Å². The summed E-state index contributed by atoms with van der Waals surface area (Å²) in [5.41, 5.74) is 1.28. The molecule has 0 aliphatic heterocycles. The maximum atomic E-state index is 14.9. The summed E-state index contributed by atoms with van der Waals surface area (Å²) in [5.74, 6) is -2.52. The summed E-state index contributed by atoms with van der Waals surface area (Å²) in [6, 6.07) is 8.01. The Morgan fingerprint density at radius 3 is 2.14 bits per heavy atom. The van der Waals surface area contributed by atoms with Crippen molar-refractivity contribution >= 4 is 5.97 Å². The molecule has 2 aromatic rings. The molecule has 4 rings (SSSR count). The lowest BCUT2D eigenvalue weighted by molar-refractivity contribution is -0.140. The van der Waals surface area contributed by atoms with E-state index in [0.717, 1.165) is 37.7 Å². The first-order valence-corrected chi connectivity index (χ1v) is 13.5. The second-order valence-corrected chi connectivity index (χ2v) is 10.4. The molecule has 2 fully saturated rings. The summed E-state index contributed by atoms with van der Waals surface area (Å²) in [6.45, 7) is 4.38. The molecule has 36 heavy (non-hydrogen) atoms. The molecular formula is C30H37F3O3. The van der Waals surface area contributed by atoms with E-state index in [-0.39, 0.29) is 35.1 Å². The molecule has 3 nitrogen and oxygen atoms in total. The van der Waals surface area contributed by atoms with Crippen LogP contribution in [0, 0.1) is 29.3 Å². The number of ether oxygens (including phenoxy) is 2. The molecule has 2 saturated carbocycles. The van der Waals surface area contributed by atoms with E-state index in [0.29, 0.717) is 43.8 Å². The highest BCUT2D eigenvalue weighted by atomic mass is 19.2. The molecule has 0 unspecified atom stereocenters. The number of halogens is 3. The number of benzene rings is 2. The van der Waals surface area contributed by atoms with Gasteiger partial charge in [0.1, 0.15) is 0 Å². The quantitative estimate of drug-likeness (QED) is 0.268. The Morgan fingerprint density at radius 2 is 1.50 bits per heavy atom. The molecule has 6 heteroatoms.